The summed E-state index contributed by atoms with van der Waals surface area (Å²) in [5.74, 6) is 0.533. The Morgan fingerprint density at radius 2 is 2.07 bits per heavy atom. The molecule has 5 nitrogen and oxygen atoms in total. The molecular formula is C22H23FN4OS. The highest BCUT2D eigenvalue weighted by Gasteiger charge is 2.31. The molecule has 0 aliphatic heterocycles. The first-order chi connectivity index (χ1) is 14.0. The Morgan fingerprint density at radius 3 is 2.76 bits per heavy atom. The summed E-state index contributed by atoms with van der Waals surface area (Å²) >= 11 is 1.36. The molecule has 1 aliphatic carbocycles. The fourth-order valence-corrected chi connectivity index (χ4v) is 4.45. The molecule has 0 unspecified atom stereocenters. The van der Waals surface area contributed by atoms with E-state index in [0.29, 0.717) is 23.1 Å². The van der Waals surface area contributed by atoms with Crippen LogP contribution in [0.2, 0.25) is 0 Å². The second-order valence-electron chi connectivity index (χ2n) is 7.28. The van der Waals surface area contributed by atoms with E-state index in [2.05, 4.69) is 21.3 Å². The van der Waals surface area contributed by atoms with Gasteiger partial charge in [0.1, 0.15) is 5.82 Å². The minimum Gasteiger partial charge on any atom is -0.345 e. The van der Waals surface area contributed by atoms with Crippen molar-refractivity contribution in [1.29, 1.82) is 0 Å². The summed E-state index contributed by atoms with van der Waals surface area (Å²) < 4.78 is 18.3. The van der Waals surface area contributed by atoms with E-state index in [1.54, 1.807) is 18.2 Å². The summed E-state index contributed by atoms with van der Waals surface area (Å²) in [6.45, 7) is 8.41. The number of hydrogen-bond donors (Lipinski definition) is 0. The third-order valence-electron chi connectivity index (χ3n) is 5.21. The Labute approximate surface area is 173 Å². The molecule has 29 heavy (non-hydrogen) atoms. The van der Waals surface area contributed by atoms with Crippen LogP contribution in [-0.2, 0) is 6.54 Å². The van der Waals surface area contributed by atoms with Gasteiger partial charge in [0.05, 0.1) is 11.3 Å². The maximum atomic E-state index is 14.3. The number of carbonyl (C=O) groups is 1. The molecule has 1 saturated carbocycles. The van der Waals surface area contributed by atoms with Crippen LogP contribution in [0.1, 0.15) is 40.6 Å². The van der Waals surface area contributed by atoms with E-state index >= 15 is 0 Å². The predicted octanol–water partition coefficient (Wildman–Crippen LogP) is 5.00. The Balaban J connectivity index is 1.57. The lowest BCUT2D eigenvalue weighted by Gasteiger charge is -2.09. The molecule has 0 bridgehead atoms. The van der Waals surface area contributed by atoms with Crippen molar-refractivity contribution in [1.82, 2.24) is 19.3 Å². The smallest absolute Gasteiger partial charge is 0.192 e. The molecule has 3 aromatic rings. The van der Waals surface area contributed by atoms with Crippen molar-refractivity contribution in [2.45, 2.75) is 44.4 Å². The quantitative estimate of drug-likeness (QED) is 0.298. The zero-order chi connectivity index (χ0) is 20.5. The number of ketones is 1. The number of carbonyl (C=O) groups excluding carboxylic acids is 1. The number of aromatic nitrogens is 4. The summed E-state index contributed by atoms with van der Waals surface area (Å²) in [6, 6.07) is 8.80. The van der Waals surface area contributed by atoms with Gasteiger partial charge in [-0.2, -0.15) is 0 Å². The zero-order valence-electron chi connectivity index (χ0n) is 16.6. The summed E-state index contributed by atoms with van der Waals surface area (Å²) in [7, 11) is 0. The van der Waals surface area contributed by atoms with Crippen LogP contribution in [0.3, 0.4) is 0 Å². The molecule has 2 aromatic heterocycles. The second-order valence-corrected chi connectivity index (χ2v) is 8.23. The average molecular weight is 411 g/mol. The van der Waals surface area contributed by atoms with Gasteiger partial charge >= 0.3 is 0 Å². The molecule has 1 aliphatic rings. The van der Waals surface area contributed by atoms with Crippen molar-refractivity contribution in [2.24, 2.45) is 0 Å². The van der Waals surface area contributed by atoms with Crippen molar-refractivity contribution in [3.8, 4) is 11.4 Å². The molecule has 0 radical (unpaired) electrons. The molecule has 1 aromatic carbocycles. The number of allylic oxidation sites excluding steroid dienone is 1. The van der Waals surface area contributed by atoms with Crippen LogP contribution >= 0.6 is 11.8 Å². The lowest BCUT2D eigenvalue weighted by molar-refractivity contribution is 0.102. The Bertz CT molecular complexity index is 1080. The number of hydrogen-bond acceptors (Lipinski definition) is 4. The van der Waals surface area contributed by atoms with Gasteiger partial charge in [-0.3, -0.25) is 9.36 Å². The summed E-state index contributed by atoms with van der Waals surface area (Å²) in [5.41, 5.74) is 3.16. The van der Waals surface area contributed by atoms with Gasteiger partial charge in [-0.05, 0) is 44.9 Å². The Hall–Kier alpha value is -2.67. The lowest BCUT2D eigenvalue weighted by Crippen LogP contribution is -2.07. The number of Topliss-reactive ketones (excluding diaryl/α,β-unsaturated/α-hetero) is 1. The van der Waals surface area contributed by atoms with Crippen LogP contribution in [-0.4, -0.2) is 30.9 Å². The molecule has 0 atom stereocenters. The van der Waals surface area contributed by atoms with Crippen molar-refractivity contribution < 1.29 is 9.18 Å². The first-order valence-corrected chi connectivity index (χ1v) is 10.6. The van der Waals surface area contributed by atoms with E-state index in [0.717, 1.165) is 29.8 Å². The van der Waals surface area contributed by atoms with Crippen molar-refractivity contribution in [3.05, 3.63) is 65.8 Å². The Morgan fingerprint density at radius 1 is 1.31 bits per heavy atom. The average Bonchev–Trinajstić information content (AvgIpc) is 3.40. The summed E-state index contributed by atoms with van der Waals surface area (Å²) in [6.07, 6.45) is 3.86. The van der Waals surface area contributed by atoms with Crippen LogP contribution in [0, 0.1) is 19.7 Å². The fourth-order valence-electron chi connectivity index (χ4n) is 3.56. The zero-order valence-corrected chi connectivity index (χ0v) is 17.4. The number of thioether (sulfide) groups is 1. The van der Waals surface area contributed by atoms with Gasteiger partial charge in [0.15, 0.2) is 16.8 Å². The number of rotatable bonds is 8. The number of aryl methyl sites for hydroxylation is 1. The highest BCUT2D eigenvalue weighted by Crippen LogP contribution is 2.41. The SMILES string of the molecule is C=CCn1c(C)cc(C(=O)CSc2nnc(-c3ccccc3F)n2C2CC2)c1C. The van der Waals surface area contributed by atoms with Crippen LogP contribution in [0.25, 0.3) is 11.4 Å². The molecule has 2 heterocycles. The highest BCUT2D eigenvalue weighted by molar-refractivity contribution is 7.99. The Kier molecular flexibility index (Phi) is 5.41. The normalized spacial score (nSPS) is 13.6. The van der Waals surface area contributed by atoms with Crippen molar-refractivity contribution in [3.63, 3.8) is 0 Å². The molecule has 4 rings (SSSR count). The largest absolute Gasteiger partial charge is 0.345 e. The maximum absolute atomic E-state index is 14.3. The maximum Gasteiger partial charge on any atom is 0.192 e. The summed E-state index contributed by atoms with van der Waals surface area (Å²) in [4.78, 5) is 12.9. The third kappa shape index (κ3) is 3.79. The molecule has 150 valence electrons. The standard InChI is InChI=1S/C22H23FN4OS/c1-4-11-26-14(2)12-18(15(26)3)20(28)13-29-22-25-24-21(27(22)16-9-10-16)17-7-5-6-8-19(17)23/h4-8,12,16H,1,9-11,13H2,2-3H3. The molecule has 0 N–H and O–H groups in total. The lowest BCUT2D eigenvalue weighted by atomic mass is 10.2. The fraction of sp³-hybridized carbons (Fsp3) is 0.318. The second kappa shape index (κ2) is 7.99. The number of nitrogens with zero attached hydrogens (tertiary/aromatic N) is 4. The highest BCUT2D eigenvalue weighted by atomic mass is 32.2. The van der Waals surface area contributed by atoms with Gasteiger partial charge in [-0.15, -0.1) is 16.8 Å². The van der Waals surface area contributed by atoms with Crippen LogP contribution in [0.15, 0.2) is 48.1 Å². The first kappa shape index (κ1) is 19.6. The van der Waals surface area contributed by atoms with Crippen molar-refractivity contribution in [2.75, 3.05) is 5.75 Å². The molecule has 0 amide bonds. The third-order valence-corrected chi connectivity index (χ3v) is 6.15. The van der Waals surface area contributed by atoms with Gasteiger partial charge in [0.25, 0.3) is 0 Å². The molecule has 0 spiro atoms. The number of halogens is 1. The van der Waals surface area contributed by atoms with Crippen molar-refractivity contribution >= 4 is 17.5 Å². The van der Waals surface area contributed by atoms with E-state index in [-0.39, 0.29) is 23.4 Å². The minimum atomic E-state index is -0.316. The molecule has 1 fully saturated rings. The monoisotopic (exact) mass is 410 g/mol. The van der Waals surface area contributed by atoms with Crippen LogP contribution in [0.4, 0.5) is 4.39 Å². The van der Waals surface area contributed by atoms with Gasteiger partial charge in [0, 0.05) is 29.5 Å². The van der Waals surface area contributed by atoms with E-state index in [9.17, 15) is 9.18 Å². The number of benzene rings is 1. The summed E-state index contributed by atoms with van der Waals surface area (Å²) in [5, 5.41) is 9.18. The van der Waals surface area contributed by atoms with E-state index < -0.39 is 0 Å². The van der Waals surface area contributed by atoms with Gasteiger partial charge in [0.2, 0.25) is 0 Å². The van der Waals surface area contributed by atoms with Gasteiger partial charge in [-0.1, -0.05) is 30.0 Å². The predicted molar refractivity (Wildman–Crippen MR) is 113 cm³/mol. The van der Waals surface area contributed by atoms with E-state index in [1.165, 1.54) is 17.8 Å². The topological polar surface area (TPSA) is 52.7 Å². The minimum absolute atomic E-state index is 0.0520. The molecular weight excluding hydrogens is 387 g/mol. The molecule has 7 heteroatoms. The van der Waals surface area contributed by atoms with Crippen LogP contribution < -0.4 is 0 Å². The van der Waals surface area contributed by atoms with Gasteiger partial charge in [-0.25, -0.2) is 4.39 Å². The van der Waals surface area contributed by atoms with E-state index in [4.69, 9.17) is 0 Å². The van der Waals surface area contributed by atoms with Crippen LogP contribution in [0.5, 0.6) is 0 Å². The van der Waals surface area contributed by atoms with Gasteiger partial charge < -0.3 is 4.57 Å². The van der Waals surface area contributed by atoms with E-state index in [1.807, 2.05) is 30.6 Å². The molecule has 0 saturated heterocycles. The first-order valence-electron chi connectivity index (χ1n) is 9.64.